The largest absolute Gasteiger partial charge is 0.480 e. The van der Waals surface area contributed by atoms with Crippen LogP contribution in [0.5, 0.6) is 0 Å². The lowest BCUT2D eigenvalue weighted by atomic mass is 10.2. The van der Waals surface area contributed by atoms with Crippen LogP contribution in [-0.2, 0) is 9.53 Å². The van der Waals surface area contributed by atoms with Gasteiger partial charge in [0, 0.05) is 12.6 Å². The number of carbonyl (C=O) groups is 1. The second-order valence-corrected chi connectivity index (χ2v) is 3.40. The first-order valence-electron chi connectivity index (χ1n) is 4.35. The van der Waals surface area contributed by atoms with E-state index in [1.165, 1.54) is 0 Å². The molecule has 0 aromatic heterocycles. The fourth-order valence-corrected chi connectivity index (χ4v) is 2.11. The van der Waals surface area contributed by atoms with E-state index >= 15 is 0 Å². The highest BCUT2D eigenvalue weighted by Crippen LogP contribution is 2.26. The maximum absolute atomic E-state index is 10.8. The Hall–Kier alpha value is -0.610. The highest BCUT2D eigenvalue weighted by molar-refractivity contribution is 5.73. The van der Waals surface area contributed by atoms with Crippen molar-refractivity contribution < 1.29 is 14.6 Å². The van der Waals surface area contributed by atoms with E-state index in [1.54, 1.807) is 0 Å². The van der Waals surface area contributed by atoms with Crippen molar-refractivity contribution in [3.8, 4) is 0 Å². The van der Waals surface area contributed by atoms with Gasteiger partial charge >= 0.3 is 5.97 Å². The smallest absolute Gasteiger partial charge is 0.320 e. The molecule has 0 amide bonds. The first-order valence-corrected chi connectivity index (χ1v) is 4.35. The summed E-state index contributed by atoms with van der Waals surface area (Å²) in [7, 11) is 0. The number of nitrogens with zero attached hydrogens (tertiary/aromatic N) is 1. The van der Waals surface area contributed by atoms with Crippen LogP contribution in [0.3, 0.4) is 0 Å². The number of fused-ring (bicyclic) bond motifs is 1. The Morgan fingerprint density at radius 2 is 2.33 bits per heavy atom. The van der Waals surface area contributed by atoms with E-state index in [0.29, 0.717) is 19.3 Å². The molecule has 2 saturated heterocycles. The van der Waals surface area contributed by atoms with Crippen LogP contribution in [0.25, 0.3) is 0 Å². The van der Waals surface area contributed by atoms with Crippen molar-refractivity contribution in [3.05, 3.63) is 0 Å². The minimum Gasteiger partial charge on any atom is -0.480 e. The Bertz CT molecular complexity index is 195. The monoisotopic (exact) mass is 171 g/mol. The molecule has 0 spiro atoms. The van der Waals surface area contributed by atoms with E-state index in [0.717, 1.165) is 19.4 Å². The van der Waals surface area contributed by atoms with E-state index in [4.69, 9.17) is 9.84 Å². The van der Waals surface area contributed by atoms with E-state index in [1.807, 2.05) is 0 Å². The summed E-state index contributed by atoms with van der Waals surface area (Å²) in [6, 6.07) is 0.110. The van der Waals surface area contributed by atoms with Crippen LogP contribution in [0.1, 0.15) is 12.8 Å². The molecule has 2 aliphatic heterocycles. The van der Waals surface area contributed by atoms with E-state index < -0.39 is 5.97 Å². The van der Waals surface area contributed by atoms with Crippen LogP contribution in [0, 0.1) is 0 Å². The second-order valence-electron chi connectivity index (χ2n) is 3.40. The van der Waals surface area contributed by atoms with Crippen LogP contribution in [0.4, 0.5) is 0 Å². The molecule has 4 nitrogen and oxygen atoms in total. The average molecular weight is 171 g/mol. The topological polar surface area (TPSA) is 49.8 Å². The first-order chi connectivity index (χ1) is 5.79. The van der Waals surface area contributed by atoms with Gasteiger partial charge in [0.2, 0.25) is 0 Å². The first kappa shape index (κ1) is 8.01. The molecule has 2 unspecified atom stereocenters. The lowest BCUT2D eigenvalue weighted by molar-refractivity contribution is -0.144. The molecule has 12 heavy (non-hydrogen) atoms. The molecule has 2 aliphatic rings. The van der Waals surface area contributed by atoms with Crippen LogP contribution in [-0.4, -0.2) is 47.8 Å². The fourth-order valence-electron chi connectivity index (χ4n) is 2.11. The zero-order chi connectivity index (χ0) is 8.55. The third-order valence-corrected chi connectivity index (χ3v) is 2.73. The summed E-state index contributed by atoms with van der Waals surface area (Å²) >= 11 is 0. The number of carboxylic acid groups (broad SMARTS) is 1. The normalized spacial score (nSPS) is 36.3. The molecule has 2 heterocycles. The summed E-state index contributed by atoms with van der Waals surface area (Å²) in [6.07, 6.45) is 1.75. The summed E-state index contributed by atoms with van der Waals surface area (Å²) in [5.41, 5.74) is 0. The number of morpholine rings is 1. The van der Waals surface area contributed by atoms with Crippen molar-refractivity contribution in [3.63, 3.8) is 0 Å². The third kappa shape index (κ3) is 1.21. The summed E-state index contributed by atoms with van der Waals surface area (Å²) in [6.45, 7) is 2.17. The van der Waals surface area contributed by atoms with Crippen LogP contribution in [0.15, 0.2) is 0 Å². The molecule has 68 valence electrons. The molecule has 0 saturated carbocycles. The van der Waals surface area contributed by atoms with E-state index in [9.17, 15) is 4.79 Å². The molecule has 1 N–H and O–H groups in total. The van der Waals surface area contributed by atoms with Crippen molar-refractivity contribution in [1.29, 1.82) is 0 Å². The Balaban J connectivity index is 2.05. The van der Waals surface area contributed by atoms with Gasteiger partial charge in [0.05, 0.1) is 13.2 Å². The van der Waals surface area contributed by atoms with Crippen molar-refractivity contribution in [2.45, 2.75) is 24.9 Å². The molecule has 0 aliphatic carbocycles. The predicted octanol–water partition coefficient (Wildman–Crippen LogP) is -0.0658. The van der Waals surface area contributed by atoms with Gasteiger partial charge in [-0.2, -0.15) is 0 Å². The molecule has 4 heteroatoms. The minimum absolute atomic E-state index is 0.251. The highest BCUT2D eigenvalue weighted by atomic mass is 16.5. The van der Waals surface area contributed by atoms with Crippen molar-refractivity contribution >= 4 is 5.97 Å². The minimum atomic E-state index is -0.681. The molecule has 0 bridgehead atoms. The molecular weight excluding hydrogens is 158 g/mol. The Morgan fingerprint density at radius 1 is 1.50 bits per heavy atom. The van der Waals surface area contributed by atoms with Crippen molar-refractivity contribution in [2.75, 3.05) is 19.8 Å². The van der Waals surface area contributed by atoms with Crippen molar-refractivity contribution in [2.24, 2.45) is 0 Å². The Kier molecular flexibility index (Phi) is 2.02. The van der Waals surface area contributed by atoms with Crippen molar-refractivity contribution in [1.82, 2.24) is 4.90 Å². The highest BCUT2D eigenvalue weighted by Gasteiger charge is 2.39. The zero-order valence-corrected chi connectivity index (χ0v) is 6.90. The standard InChI is InChI=1S/C8H13NO3/c10-8(11)7-2-1-6-5-12-4-3-9(6)7/h6-7H,1-5H2,(H,10,11). The molecular formula is C8H13NO3. The van der Waals surface area contributed by atoms with Gasteiger partial charge in [-0.25, -0.2) is 0 Å². The second kappa shape index (κ2) is 3.03. The molecule has 0 aromatic carbocycles. The van der Waals surface area contributed by atoms with Gasteiger partial charge in [0.25, 0.3) is 0 Å². The van der Waals surface area contributed by atoms with Gasteiger partial charge < -0.3 is 9.84 Å². The van der Waals surface area contributed by atoms with Crippen LogP contribution in [0.2, 0.25) is 0 Å². The van der Waals surface area contributed by atoms with Gasteiger partial charge in [0.1, 0.15) is 6.04 Å². The van der Waals surface area contributed by atoms with Gasteiger partial charge in [0.15, 0.2) is 0 Å². The summed E-state index contributed by atoms with van der Waals surface area (Å²) in [5, 5.41) is 8.87. The van der Waals surface area contributed by atoms with Crippen LogP contribution < -0.4 is 0 Å². The number of aliphatic carboxylic acids is 1. The van der Waals surface area contributed by atoms with E-state index in [-0.39, 0.29) is 6.04 Å². The Morgan fingerprint density at radius 3 is 3.08 bits per heavy atom. The Labute approximate surface area is 71.1 Å². The van der Waals surface area contributed by atoms with Crippen LogP contribution >= 0.6 is 0 Å². The summed E-state index contributed by atoms with van der Waals surface area (Å²) in [4.78, 5) is 12.8. The third-order valence-electron chi connectivity index (χ3n) is 2.73. The SMILES string of the molecule is O=C(O)C1CCC2COCCN21. The molecule has 2 rings (SSSR count). The number of rotatable bonds is 1. The number of carboxylic acids is 1. The predicted molar refractivity (Wildman–Crippen MR) is 42.0 cm³/mol. The maximum Gasteiger partial charge on any atom is 0.320 e. The lowest BCUT2D eigenvalue weighted by Gasteiger charge is -2.31. The number of ether oxygens (including phenoxy) is 1. The molecule has 0 radical (unpaired) electrons. The summed E-state index contributed by atoms with van der Waals surface area (Å²) in [5.74, 6) is -0.681. The summed E-state index contributed by atoms with van der Waals surface area (Å²) < 4.78 is 5.28. The molecule has 0 aromatic rings. The van der Waals surface area contributed by atoms with Gasteiger partial charge in [-0.3, -0.25) is 9.69 Å². The number of hydrogen-bond donors (Lipinski definition) is 1. The molecule has 2 fully saturated rings. The van der Waals surface area contributed by atoms with Gasteiger partial charge in [-0.05, 0) is 12.8 Å². The zero-order valence-electron chi connectivity index (χ0n) is 6.90. The average Bonchev–Trinajstić information content (AvgIpc) is 2.47. The van der Waals surface area contributed by atoms with Gasteiger partial charge in [-0.1, -0.05) is 0 Å². The molecule has 2 atom stereocenters. The maximum atomic E-state index is 10.8. The quantitative estimate of drug-likeness (QED) is 0.600. The lowest BCUT2D eigenvalue weighted by Crippen LogP contribution is -2.47. The fraction of sp³-hybridized carbons (Fsp3) is 0.875. The van der Waals surface area contributed by atoms with E-state index in [2.05, 4.69) is 4.90 Å². The van der Waals surface area contributed by atoms with Gasteiger partial charge in [-0.15, -0.1) is 0 Å². The number of hydrogen-bond acceptors (Lipinski definition) is 3.